The van der Waals surface area contributed by atoms with E-state index in [0.717, 1.165) is 41.9 Å². The van der Waals surface area contributed by atoms with Crippen LogP contribution in [0, 0.1) is 5.92 Å². The predicted molar refractivity (Wildman–Crippen MR) is 177 cm³/mol. The minimum absolute atomic E-state index is 0.000538. The number of likely N-dealkylation sites (tertiary alicyclic amines) is 1. The molecule has 5 atom stereocenters. The van der Waals surface area contributed by atoms with Crippen molar-refractivity contribution in [2.75, 3.05) is 32.1 Å². The van der Waals surface area contributed by atoms with Gasteiger partial charge in [-0.15, -0.1) is 0 Å². The molecule has 5 rings (SSSR count). The third kappa shape index (κ3) is 9.16. The van der Waals surface area contributed by atoms with Crippen molar-refractivity contribution in [3.05, 3.63) is 101 Å². The molecule has 2 aliphatic rings. The van der Waals surface area contributed by atoms with Crippen molar-refractivity contribution in [1.82, 2.24) is 10.2 Å². The highest BCUT2D eigenvalue weighted by Gasteiger charge is 2.39. The molecule has 2 fully saturated rings. The largest absolute Gasteiger partial charge is 0.467 e. The molecule has 2 amide bonds. The number of esters is 1. The van der Waals surface area contributed by atoms with Gasteiger partial charge in [-0.25, -0.2) is 9.59 Å². The SMILES string of the molecule is COC(=O)[C@H](Cc1ccccc1)NC(=O)Nc1ccc([C@@H]2O[C@H](CN3CCCCCCC3)[C@H](C)[C@H](c3ccc(CO)cc3)O2)cc1. The number of nitrogens with one attached hydrogen (secondary N) is 2. The Bertz CT molecular complexity index is 1380. The molecule has 9 heteroatoms. The Kier molecular flexibility index (Phi) is 12.2. The molecule has 2 saturated heterocycles. The molecule has 0 aliphatic carbocycles. The Morgan fingerprint density at radius 1 is 0.870 bits per heavy atom. The van der Waals surface area contributed by atoms with E-state index in [0.29, 0.717) is 12.1 Å². The molecular weight excluding hydrogens is 582 g/mol. The highest BCUT2D eigenvalue weighted by atomic mass is 16.7. The lowest BCUT2D eigenvalue weighted by molar-refractivity contribution is -0.276. The molecule has 2 aliphatic heterocycles. The topological polar surface area (TPSA) is 109 Å². The van der Waals surface area contributed by atoms with E-state index in [9.17, 15) is 14.7 Å². The number of carbonyl (C=O) groups is 2. The van der Waals surface area contributed by atoms with Crippen molar-refractivity contribution in [3.63, 3.8) is 0 Å². The number of ether oxygens (including phenoxy) is 3. The highest BCUT2D eigenvalue weighted by molar-refractivity contribution is 5.92. The second-order valence-corrected chi connectivity index (χ2v) is 12.4. The molecule has 0 unspecified atom stereocenters. The predicted octanol–water partition coefficient (Wildman–Crippen LogP) is 6.14. The fourth-order valence-corrected chi connectivity index (χ4v) is 6.31. The molecule has 3 aromatic carbocycles. The van der Waals surface area contributed by atoms with Crippen molar-refractivity contribution in [3.8, 4) is 0 Å². The summed E-state index contributed by atoms with van der Waals surface area (Å²) in [6.45, 7) is 5.20. The molecule has 0 spiro atoms. The Morgan fingerprint density at radius 3 is 2.17 bits per heavy atom. The Balaban J connectivity index is 1.28. The molecule has 2 heterocycles. The zero-order valence-electron chi connectivity index (χ0n) is 26.9. The first-order valence-corrected chi connectivity index (χ1v) is 16.5. The minimum atomic E-state index is -0.827. The minimum Gasteiger partial charge on any atom is -0.467 e. The maximum absolute atomic E-state index is 12.9. The van der Waals surface area contributed by atoms with Crippen LogP contribution < -0.4 is 10.6 Å². The zero-order chi connectivity index (χ0) is 32.3. The summed E-state index contributed by atoms with van der Waals surface area (Å²) in [6.07, 6.45) is 5.80. The summed E-state index contributed by atoms with van der Waals surface area (Å²) in [5.41, 5.74) is 4.26. The van der Waals surface area contributed by atoms with Crippen LogP contribution in [0.4, 0.5) is 10.5 Å². The van der Waals surface area contributed by atoms with Gasteiger partial charge in [0.15, 0.2) is 6.29 Å². The fourth-order valence-electron chi connectivity index (χ4n) is 6.31. The first-order valence-electron chi connectivity index (χ1n) is 16.5. The van der Waals surface area contributed by atoms with Crippen LogP contribution in [-0.4, -0.2) is 60.9 Å². The van der Waals surface area contributed by atoms with Gasteiger partial charge < -0.3 is 34.9 Å². The van der Waals surface area contributed by atoms with E-state index in [4.69, 9.17) is 14.2 Å². The van der Waals surface area contributed by atoms with E-state index >= 15 is 0 Å². The second-order valence-electron chi connectivity index (χ2n) is 12.4. The summed E-state index contributed by atoms with van der Waals surface area (Å²) in [4.78, 5) is 27.8. The molecule has 3 aromatic rings. The van der Waals surface area contributed by atoms with E-state index in [-0.39, 0.29) is 24.7 Å². The maximum atomic E-state index is 12.9. The number of nitrogens with zero attached hydrogens (tertiary/aromatic N) is 1. The van der Waals surface area contributed by atoms with Gasteiger partial charge in [-0.05, 0) is 54.8 Å². The number of anilines is 1. The summed E-state index contributed by atoms with van der Waals surface area (Å²) in [5.74, 6) is -0.397. The van der Waals surface area contributed by atoms with E-state index in [1.807, 2.05) is 78.9 Å². The first kappa shape index (κ1) is 33.6. The van der Waals surface area contributed by atoms with Crippen LogP contribution >= 0.6 is 0 Å². The van der Waals surface area contributed by atoms with Gasteiger partial charge in [-0.3, -0.25) is 0 Å². The van der Waals surface area contributed by atoms with Gasteiger partial charge in [0.1, 0.15) is 6.04 Å². The third-order valence-electron chi connectivity index (χ3n) is 9.02. The average molecular weight is 630 g/mol. The van der Waals surface area contributed by atoms with Crippen molar-refractivity contribution in [1.29, 1.82) is 0 Å². The third-order valence-corrected chi connectivity index (χ3v) is 9.02. The Labute approximate surface area is 272 Å². The van der Waals surface area contributed by atoms with Crippen LogP contribution in [0.5, 0.6) is 0 Å². The molecule has 46 heavy (non-hydrogen) atoms. The normalized spacial score (nSPS) is 23.0. The van der Waals surface area contributed by atoms with Crippen LogP contribution in [0.2, 0.25) is 0 Å². The number of urea groups is 1. The molecule has 9 nitrogen and oxygen atoms in total. The first-order chi connectivity index (χ1) is 22.4. The highest BCUT2D eigenvalue weighted by Crippen LogP contribution is 2.42. The second kappa shape index (κ2) is 16.7. The summed E-state index contributed by atoms with van der Waals surface area (Å²) in [7, 11) is 1.31. The number of aliphatic hydroxyl groups is 1. The van der Waals surface area contributed by atoms with E-state index < -0.39 is 24.3 Å². The molecule has 0 bridgehead atoms. The van der Waals surface area contributed by atoms with E-state index in [1.54, 1.807) is 0 Å². The van der Waals surface area contributed by atoms with Crippen molar-refractivity contribution < 1.29 is 28.9 Å². The van der Waals surface area contributed by atoms with Crippen molar-refractivity contribution >= 4 is 17.7 Å². The molecule has 0 saturated carbocycles. The number of hydrogen-bond acceptors (Lipinski definition) is 7. The van der Waals surface area contributed by atoms with Crippen LogP contribution in [-0.2, 0) is 32.0 Å². The van der Waals surface area contributed by atoms with Gasteiger partial charge in [0.25, 0.3) is 0 Å². The Morgan fingerprint density at radius 2 is 1.52 bits per heavy atom. The summed E-state index contributed by atoms with van der Waals surface area (Å²) < 4.78 is 18.2. The van der Waals surface area contributed by atoms with Crippen molar-refractivity contribution in [2.45, 2.75) is 76.6 Å². The standard InChI is InChI=1S/C37H47N3O6/c1-26-33(24-40-21-9-4-3-5-10-22-40)45-36(46-34(26)29-15-13-28(25-41)14-16-29)30-17-19-31(20-18-30)38-37(43)39-32(35(42)44-2)23-27-11-7-6-8-12-27/h6-8,11-20,26,32-34,36,41H,3-5,9-10,21-25H2,1-2H3,(H2,38,39,43)/t26-,32-,33+,34+,36+/m0/s1. The number of rotatable bonds is 10. The monoisotopic (exact) mass is 629 g/mol. The number of benzene rings is 3. The van der Waals surface area contributed by atoms with Gasteiger partial charge in [-0.1, -0.05) is 92.9 Å². The maximum Gasteiger partial charge on any atom is 0.328 e. The number of methoxy groups -OCH3 is 1. The van der Waals surface area contributed by atoms with E-state index in [2.05, 4.69) is 22.5 Å². The van der Waals surface area contributed by atoms with Gasteiger partial charge in [-0.2, -0.15) is 0 Å². The molecule has 0 aromatic heterocycles. The lowest BCUT2D eigenvalue weighted by Gasteiger charge is -2.43. The summed E-state index contributed by atoms with van der Waals surface area (Å²) in [5, 5.41) is 15.1. The van der Waals surface area contributed by atoms with Crippen LogP contribution in [0.1, 0.15) is 73.7 Å². The molecule has 0 radical (unpaired) electrons. The van der Waals surface area contributed by atoms with Crippen LogP contribution in [0.3, 0.4) is 0 Å². The number of aliphatic hydroxyl groups excluding tert-OH is 1. The molecular formula is C37H47N3O6. The van der Waals surface area contributed by atoms with Gasteiger partial charge >= 0.3 is 12.0 Å². The number of amides is 2. The summed E-state index contributed by atoms with van der Waals surface area (Å²) in [6, 6.07) is 23.5. The quantitative estimate of drug-likeness (QED) is 0.231. The van der Waals surface area contributed by atoms with Crippen LogP contribution in [0.25, 0.3) is 0 Å². The lowest BCUT2D eigenvalue weighted by Crippen LogP contribution is -2.45. The summed E-state index contributed by atoms with van der Waals surface area (Å²) >= 11 is 0. The smallest absolute Gasteiger partial charge is 0.328 e. The number of carbonyl (C=O) groups excluding carboxylic acids is 2. The molecule has 246 valence electrons. The number of hydrogen-bond donors (Lipinski definition) is 3. The van der Waals surface area contributed by atoms with Crippen LogP contribution in [0.15, 0.2) is 78.9 Å². The zero-order valence-corrected chi connectivity index (χ0v) is 26.9. The van der Waals surface area contributed by atoms with Gasteiger partial charge in [0, 0.05) is 30.1 Å². The fraction of sp³-hybridized carbons (Fsp3) is 0.459. The van der Waals surface area contributed by atoms with Gasteiger partial charge in [0.05, 0.1) is 25.9 Å². The Hall–Kier alpha value is -3.76. The van der Waals surface area contributed by atoms with E-state index in [1.165, 1.54) is 39.2 Å². The molecule has 3 N–H and O–H groups in total. The van der Waals surface area contributed by atoms with Gasteiger partial charge in [0.2, 0.25) is 0 Å². The van der Waals surface area contributed by atoms with Crippen molar-refractivity contribution in [2.24, 2.45) is 5.92 Å². The lowest BCUT2D eigenvalue weighted by atomic mass is 9.89. The average Bonchev–Trinajstić information content (AvgIpc) is 3.07.